The van der Waals surface area contributed by atoms with Gasteiger partial charge < -0.3 is 4.90 Å². The summed E-state index contributed by atoms with van der Waals surface area (Å²) in [6.45, 7) is 0. The molecule has 0 aromatic carbocycles. The van der Waals surface area contributed by atoms with Crippen molar-refractivity contribution in [2.45, 2.75) is 70.3 Å². The summed E-state index contributed by atoms with van der Waals surface area (Å²) in [5.41, 5.74) is 7.48. The molecule has 2 aromatic heterocycles. The van der Waals surface area contributed by atoms with Crippen LogP contribution >= 0.6 is 0 Å². The second kappa shape index (κ2) is 9.22. The second-order valence-corrected chi connectivity index (χ2v) is 10.1. The zero-order valence-electron chi connectivity index (χ0n) is 19.4. The fraction of sp³-hybridized carbons (Fsp3) is 0.556. The molecule has 0 amide bonds. The van der Waals surface area contributed by atoms with Gasteiger partial charge in [-0.3, -0.25) is 9.78 Å². The molecule has 2 aromatic rings. The fourth-order valence-electron chi connectivity index (χ4n) is 6.09. The number of fused-ring (bicyclic) bond motifs is 2. The number of allylic oxidation sites excluding steroid dienone is 2. The topological polar surface area (TPSA) is 59.0 Å². The number of hydrogen-bond donors (Lipinski definition) is 0. The SMILES string of the molecule is CN(C)[C@H]1CC[C@H](Cc2ncnc3c2C2=C(CCC2C(=O)CCc2cccnc2)C3)CC1. The highest BCUT2D eigenvalue weighted by molar-refractivity contribution is 5.97. The van der Waals surface area contributed by atoms with Gasteiger partial charge in [-0.25, -0.2) is 9.97 Å². The lowest BCUT2D eigenvalue weighted by molar-refractivity contribution is -0.121. The van der Waals surface area contributed by atoms with E-state index in [-0.39, 0.29) is 5.92 Å². The number of carbonyl (C=O) groups is 1. The van der Waals surface area contributed by atoms with Crippen molar-refractivity contribution in [3.05, 3.63) is 58.9 Å². The van der Waals surface area contributed by atoms with Crippen LogP contribution < -0.4 is 0 Å². The highest BCUT2D eigenvalue weighted by Crippen LogP contribution is 2.48. The van der Waals surface area contributed by atoms with Crippen LogP contribution in [0.25, 0.3) is 5.57 Å². The second-order valence-electron chi connectivity index (χ2n) is 10.1. The third-order valence-corrected chi connectivity index (χ3v) is 7.92. The van der Waals surface area contributed by atoms with Crippen molar-refractivity contribution in [2.75, 3.05) is 14.1 Å². The summed E-state index contributed by atoms with van der Waals surface area (Å²) in [7, 11) is 4.39. The number of nitrogens with zero attached hydrogens (tertiary/aromatic N) is 4. The fourth-order valence-corrected chi connectivity index (χ4v) is 6.09. The summed E-state index contributed by atoms with van der Waals surface area (Å²) < 4.78 is 0. The Bertz CT molecular complexity index is 1010. The molecule has 0 spiro atoms. The third-order valence-electron chi connectivity index (χ3n) is 7.92. The maximum atomic E-state index is 13.3. The molecule has 1 saturated carbocycles. The average molecular weight is 431 g/mol. The molecule has 2 heterocycles. The van der Waals surface area contributed by atoms with Crippen LogP contribution in [-0.2, 0) is 24.1 Å². The smallest absolute Gasteiger partial charge is 0.140 e. The molecular formula is C27H34N4O. The lowest BCUT2D eigenvalue weighted by Gasteiger charge is -2.32. The van der Waals surface area contributed by atoms with Crippen molar-refractivity contribution in [3.8, 4) is 0 Å². The first kappa shape index (κ1) is 21.4. The van der Waals surface area contributed by atoms with Crippen LogP contribution in [0, 0.1) is 11.8 Å². The van der Waals surface area contributed by atoms with Crippen LogP contribution in [0.1, 0.15) is 67.5 Å². The minimum absolute atomic E-state index is 0.0251. The largest absolute Gasteiger partial charge is 0.306 e. The van der Waals surface area contributed by atoms with E-state index in [4.69, 9.17) is 4.98 Å². The number of aromatic nitrogens is 3. The summed E-state index contributed by atoms with van der Waals surface area (Å²) in [5.74, 6) is 1.08. The van der Waals surface area contributed by atoms with Gasteiger partial charge in [-0.05, 0) is 88.6 Å². The molecule has 3 aliphatic carbocycles. The van der Waals surface area contributed by atoms with Gasteiger partial charge in [0.15, 0.2) is 0 Å². The molecule has 3 aliphatic rings. The van der Waals surface area contributed by atoms with Crippen LogP contribution in [-0.4, -0.2) is 45.8 Å². The predicted molar refractivity (Wildman–Crippen MR) is 126 cm³/mol. The molecule has 1 atom stereocenters. The van der Waals surface area contributed by atoms with E-state index in [2.05, 4.69) is 35.0 Å². The van der Waals surface area contributed by atoms with Crippen molar-refractivity contribution >= 4 is 11.4 Å². The third kappa shape index (κ3) is 4.27. The number of aryl methyl sites for hydroxylation is 1. The number of rotatable bonds is 7. The lowest BCUT2D eigenvalue weighted by atomic mass is 9.81. The summed E-state index contributed by atoms with van der Waals surface area (Å²) in [5, 5.41) is 0. The van der Waals surface area contributed by atoms with Gasteiger partial charge >= 0.3 is 0 Å². The Kier molecular flexibility index (Phi) is 6.18. The van der Waals surface area contributed by atoms with E-state index in [0.717, 1.165) is 43.4 Å². The maximum Gasteiger partial charge on any atom is 0.140 e. The van der Waals surface area contributed by atoms with Crippen LogP contribution in [0.5, 0.6) is 0 Å². The van der Waals surface area contributed by atoms with E-state index in [9.17, 15) is 4.79 Å². The molecule has 0 saturated heterocycles. The first-order valence-electron chi connectivity index (χ1n) is 12.2. The predicted octanol–water partition coefficient (Wildman–Crippen LogP) is 4.46. The van der Waals surface area contributed by atoms with Gasteiger partial charge in [-0.15, -0.1) is 0 Å². The quantitative estimate of drug-likeness (QED) is 0.649. The molecule has 168 valence electrons. The van der Waals surface area contributed by atoms with Crippen LogP contribution in [0.2, 0.25) is 0 Å². The van der Waals surface area contributed by atoms with Gasteiger partial charge in [0.2, 0.25) is 0 Å². The Morgan fingerprint density at radius 2 is 1.97 bits per heavy atom. The van der Waals surface area contributed by atoms with Crippen molar-refractivity contribution in [3.63, 3.8) is 0 Å². The number of Topliss-reactive ketones (excluding diaryl/α,β-unsaturated/α-hetero) is 1. The maximum absolute atomic E-state index is 13.3. The summed E-state index contributed by atoms with van der Waals surface area (Å²) in [4.78, 5) is 29.2. The highest BCUT2D eigenvalue weighted by Gasteiger charge is 2.39. The minimum atomic E-state index is 0.0251. The van der Waals surface area contributed by atoms with Crippen LogP contribution in [0.4, 0.5) is 0 Å². The Morgan fingerprint density at radius 1 is 1.12 bits per heavy atom. The molecule has 0 aliphatic heterocycles. The van der Waals surface area contributed by atoms with Crippen molar-refractivity contribution in [1.29, 1.82) is 0 Å². The monoisotopic (exact) mass is 430 g/mol. The van der Waals surface area contributed by atoms with Crippen molar-refractivity contribution < 1.29 is 4.79 Å². The molecular weight excluding hydrogens is 396 g/mol. The number of ketones is 1. The summed E-state index contributed by atoms with van der Waals surface area (Å²) in [6.07, 6.45) is 15.8. The molecule has 1 fully saturated rings. The zero-order chi connectivity index (χ0) is 22.1. The molecule has 5 rings (SSSR count). The lowest BCUT2D eigenvalue weighted by Crippen LogP contribution is -2.32. The summed E-state index contributed by atoms with van der Waals surface area (Å²) in [6, 6.07) is 4.72. The number of hydrogen-bond acceptors (Lipinski definition) is 5. The Labute approximate surface area is 191 Å². The first-order valence-corrected chi connectivity index (χ1v) is 12.2. The van der Waals surface area contributed by atoms with Gasteiger partial charge in [-0.2, -0.15) is 0 Å². The van der Waals surface area contributed by atoms with Crippen LogP contribution in [0.15, 0.2) is 36.4 Å². The van der Waals surface area contributed by atoms with E-state index in [1.54, 1.807) is 12.5 Å². The van der Waals surface area contributed by atoms with E-state index >= 15 is 0 Å². The van der Waals surface area contributed by atoms with Crippen LogP contribution in [0.3, 0.4) is 0 Å². The number of carbonyl (C=O) groups excluding carboxylic acids is 1. The van der Waals surface area contributed by atoms with E-state index in [1.165, 1.54) is 48.1 Å². The molecule has 0 N–H and O–H groups in total. The first-order chi connectivity index (χ1) is 15.6. The highest BCUT2D eigenvalue weighted by atomic mass is 16.1. The van der Waals surface area contributed by atoms with Gasteiger partial charge in [0, 0.05) is 42.8 Å². The Hall–Kier alpha value is -2.40. The Morgan fingerprint density at radius 3 is 2.72 bits per heavy atom. The zero-order valence-corrected chi connectivity index (χ0v) is 19.4. The standard InChI is InChI=1S/C27H34N4O/c1-31(2)21-9-5-18(6-10-21)14-23-27-24(30-17-29-23)15-20-8-11-22(26(20)27)25(32)12-7-19-4-3-13-28-16-19/h3-4,13,16-18,21-22H,5-12,14-15H2,1-2H3/t18-,21-,22?. The molecule has 0 bridgehead atoms. The Balaban J connectivity index is 1.31. The molecule has 0 radical (unpaired) electrons. The van der Waals surface area contributed by atoms with Gasteiger partial charge in [0.05, 0.1) is 11.4 Å². The molecule has 5 nitrogen and oxygen atoms in total. The van der Waals surface area contributed by atoms with Crippen molar-refractivity contribution in [1.82, 2.24) is 19.9 Å². The average Bonchev–Trinajstić information content (AvgIpc) is 3.38. The molecule has 32 heavy (non-hydrogen) atoms. The number of pyridine rings is 1. The molecule has 1 unspecified atom stereocenters. The van der Waals surface area contributed by atoms with Gasteiger partial charge in [0.1, 0.15) is 12.1 Å². The normalized spacial score (nSPS) is 24.7. The minimum Gasteiger partial charge on any atom is -0.306 e. The summed E-state index contributed by atoms with van der Waals surface area (Å²) >= 11 is 0. The van der Waals surface area contributed by atoms with Crippen molar-refractivity contribution in [2.24, 2.45) is 11.8 Å². The van der Waals surface area contributed by atoms with Gasteiger partial charge in [-0.1, -0.05) is 11.6 Å². The van der Waals surface area contributed by atoms with E-state index in [1.807, 2.05) is 12.3 Å². The van der Waals surface area contributed by atoms with E-state index in [0.29, 0.717) is 24.2 Å². The van der Waals surface area contributed by atoms with E-state index < -0.39 is 0 Å². The molecule has 5 heteroatoms. The van der Waals surface area contributed by atoms with Gasteiger partial charge in [0.25, 0.3) is 0 Å².